The fraction of sp³-hybridized carbons (Fsp3) is 0.417. The van der Waals surface area contributed by atoms with Crippen molar-refractivity contribution in [2.45, 2.75) is 26.4 Å². The second-order valence-electron chi connectivity index (χ2n) is 3.56. The molecule has 1 rings (SSSR count). The third kappa shape index (κ3) is 2.97. The van der Waals surface area contributed by atoms with Crippen molar-refractivity contribution in [2.75, 3.05) is 12.4 Å². The lowest BCUT2D eigenvalue weighted by Crippen LogP contribution is -2.07. The maximum absolute atomic E-state index is 10.9. The highest BCUT2D eigenvalue weighted by molar-refractivity contribution is 5.88. The van der Waals surface area contributed by atoms with Gasteiger partial charge in [-0.2, -0.15) is 0 Å². The van der Waals surface area contributed by atoms with Gasteiger partial charge in [-0.15, -0.1) is 0 Å². The number of carbonyl (C=O) groups excluding carboxylic acids is 1. The Balaban J connectivity index is 3.01. The summed E-state index contributed by atoms with van der Waals surface area (Å²) < 4.78 is 5.18. The lowest BCUT2D eigenvalue weighted by Gasteiger charge is -2.14. The molecule has 88 valence electrons. The number of hydrogen-bond donors (Lipinski definition) is 2. The van der Waals surface area contributed by atoms with Crippen molar-refractivity contribution in [3.8, 4) is 5.75 Å². The summed E-state index contributed by atoms with van der Waals surface area (Å²) in [5, 5.41) is 12.4. The third-order valence-electron chi connectivity index (χ3n) is 2.30. The maximum atomic E-state index is 10.9. The second-order valence-corrected chi connectivity index (χ2v) is 3.56. The van der Waals surface area contributed by atoms with Crippen LogP contribution >= 0.6 is 0 Å². The molecular weight excluding hydrogens is 206 g/mol. The Kier molecular flexibility index (Phi) is 4.31. The molecule has 2 N–H and O–H groups in total. The number of carbonyl (C=O) groups is 1. The fourth-order valence-corrected chi connectivity index (χ4v) is 1.49. The summed E-state index contributed by atoms with van der Waals surface area (Å²) in [7, 11) is 1.54. The molecule has 0 aliphatic carbocycles. The summed E-state index contributed by atoms with van der Waals surface area (Å²) >= 11 is 0. The molecular formula is C12H17NO3. The molecule has 1 aromatic rings. The van der Waals surface area contributed by atoms with E-state index >= 15 is 0 Å². The number of ether oxygens (including phenoxy) is 1. The number of methoxy groups -OCH3 is 1. The molecule has 0 bridgehead atoms. The fourth-order valence-electron chi connectivity index (χ4n) is 1.49. The summed E-state index contributed by atoms with van der Waals surface area (Å²) in [6.45, 7) is 3.34. The Hall–Kier alpha value is -1.55. The standard InChI is InChI=1S/C12H17NO3/c1-4-11(15)10-6-5-9(13-8(2)14)7-12(10)16-3/h5-7,11,15H,4H2,1-3H3,(H,13,14). The highest BCUT2D eigenvalue weighted by Crippen LogP contribution is 2.29. The molecule has 0 fully saturated rings. The normalized spacial score (nSPS) is 12.0. The molecule has 1 atom stereocenters. The minimum Gasteiger partial charge on any atom is -0.496 e. The average molecular weight is 223 g/mol. The summed E-state index contributed by atoms with van der Waals surface area (Å²) in [4.78, 5) is 10.9. The van der Waals surface area contributed by atoms with E-state index in [4.69, 9.17) is 4.74 Å². The van der Waals surface area contributed by atoms with Gasteiger partial charge >= 0.3 is 0 Å². The van der Waals surface area contributed by atoms with Crippen molar-refractivity contribution in [3.63, 3.8) is 0 Å². The summed E-state index contributed by atoms with van der Waals surface area (Å²) in [5.74, 6) is 0.450. The van der Waals surface area contributed by atoms with Crippen LogP contribution in [0, 0.1) is 0 Å². The van der Waals surface area contributed by atoms with Crippen LogP contribution in [0.5, 0.6) is 5.75 Å². The molecule has 1 aromatic carbocycles. The van der Waals surface area contributed by atoms with Gasteiger partial charge in [-0.25, -0.2) is 0 Å². The molecule has 16 heavy (non-hydrogen) atoms. The lowest BCUT2D eigenvalue weighted by atomic mass is 10.1. The van der Waals surface area contributed by atoms with E-state index in [1.54, 1.807) is 25.3 Å². The number of amides is 1. The largest absolute Gasteiger partial charge is 0.496 e. The number of anilines is 1. The first-order chi connectivity index (χ1) is 7.58. The van der Waals surface area contributed by atoms with Gasteiger partial charge < -0.3 is 15.2 Å². The minimum absolute atomic E-state index is 0.133. The van der Waals surface area contributed by atoms with Crippen LogP contribution in [0.1, 0.15) is 31.9 Å². The smallest absolute Gasteiger partial charge is 0.221 e. The topological polar surface area (TPSA) is 58.6 Å². The first-order valence-corrected chi connectivity index (χ1v) is 5.22. The lowest BCUT2D eigenvalue weighted by molar-refractivity contribution is -0.114. The highest BCUT2D eigenvalue weighted by atomic mass is 16.5. The van der Waals surface area contributed by atoms with Gasteiger partial charge in [-0.1, -0.05) is 13.0 Å². The molecule has 0 aliphatic heterocycles. The molecule has 0 heterocycles. The van der Waals surface area contributed by atoms with Gasteiger partial charge in [0.25, 0.3) is 0 Å². The van der Waals surface area contributed by atoms with E-state index in [0.29, 0.717) is 17.9 Å². The quantitative estimate of drug-likeness (QED) is 0.821. The molecule has 0 spiro atoms. The van der Waals surface area contributed by atoms with E-state index in [2.05, 4.69) is 5.32 Å². The molecule has 0 aliphatic rings. The molecule has 0 saturated carbocycles. The highest BCUT2D eigenvalue weighted by Gasteiger charge is 2.12. The van der Waals surface area contributed by atoms with Crippen LogP contribution in [-0.2, 0) is 4.79 Å². The van der Waals surface area contributed by atoms with E-state index in [0.717, 1.165) is 5.56 Å². The number of aliphatic hydroxyl groups is 1. The number of rotatable bonds is 4. The van der Waals surface area contributed by atoms with Crippen molar-refractivity contribution in [3.05, 3.63) is 23.8 Å². The first-order valence-electron chi connectivity index (χ1n) is 5.22. The van der Waals surface area contributed by atoms with Crippen molar-refractivity contribution >= 4 is 11.6 Å². The van der Waals surface area contributed by atoms with E-state index in [1.165, 1.54) is 6.92 Å². The van der Waals surface area contributed by atoms with Crippen LogP contribution in [0.2, 0.25) is 0 Å². The molecule has 0 saturated heterocycles. The summed E-state index contributed by atoms with van der Waals surface area (Å²) in [6, 6.07) is 5.21. The Labute approximate surface area is 95.2 Å². The summed E-state index contributed by atoms with van der Waals surface area (Å²) in [6.07, 6.45) is 0.0804. The first kappa shape index (κ1) is 12.5. The Morgan fingerprint density at radius 3 is 2.75 bits per heavy atom. The van der Waals surface area contributed by atoms with Gasteiger partial charge in [0.2, 0.25) is 5.91 Å². The minimum atomic E-state index is -0.540. The number of benzene rings is 1. The van der Waals surface area contributed by atoms with E-state index in [-0.39, 0.29) is 5.91 Å². The third-order valence-corrected chi connectivity index (χ3v) is 2.30. The van der Waals surface area contributed by atoms with Gasteiger partial charge in [-0.3, -0.25) is 4.79 Å². The predicted molar refractivity (Wildman–Crippen MR) is 62.5 cm³/mol. The monoisotopic (exact) mass is 223 g/mol. The molecule has 1 amide bonds. The van der Waals surface area contributed by atoms with Gasteiger partial charge in [-0.05, 0) is 12.5 Å². The molecule has 0 radical (unpaired) electrons. The Morgan fingerprint density at radius 2 is 2.25 bits per heavy atom. The van der Waals surface area contributed by atoms with Crippen LogP contribution in [0.3, 0.4) is 0 Å². The summed E-state index contributed by atoms with van der Waals surface area (Å²) in [5.41, 5.74) is 1.40. The van der Waals surface area contributed by atoms with Crippen LogP contribution in [0.25, 0.3) is 0 Å². The Morgan fingerprint density at radius 1 is 1.56 bits per heavy atom. The van der Waals surface area contributed by atoms with Gasteiger partial charge in [0.05, 0.1) is 13.2 Å². The second kappa shape index (κ2) is 5.51. The van der Waals surface area contributed by atoms with E-state index in [1.807, 2.05) is 6.92 Å². The van der Waals surface area contributed by atoms with Crippen LogP contribution in [0.15, 0.2) is 18.2 Å². The molecule has 4 heteroatoms. The van der Waals surface area contributed by atoms with Gasteiger partial charge in [0.15, 0.2) is 0 Å². The zero-order valence-corrected chi connectivity index (χ0v) is 9.78. The van der Waals surface area contributed by atoms with Crippen molar-refractivity contribution < 1.29 is 14.6 Å². The zero-order chi connectivity index (χ0) is 12.1. The van der Waals surface area contributed by atoms with Crippen molar-refractivity contribution in [1.29, 1.82) is 0 Å². The van der Waals surface area contributed by atoms with Crippen molar-refractivity contribution in [1.82, 2.24) is 0 Å². The van der Waals surface area contributed by atoms with Crippen LogP contribution in [-0.4, -0.2) is 18.1 Å². The predicted octanol–water partition coefficient (Wildman–Crippen LogP) is 2.10. The van der Waals surface area contributed by atoms with Gasteiger partial charge in [0, 0.05) is 24.2 Å². The SMILES string of the molecule is CCC(O)c1ccc(NC(C)=O)cc1OC. The zero-order valence-electron chi connectivity index (χ0n) is 9.78. The van der Waals surface area contributed by atoms with E-state index in [9.17, 15) is 9.90 Å². The van der Waals surface area contributed by atoms with Crippen LogP contribution in [0.4, 0.5) is 5.69 Å². The maximum Gasteiger partial charge on any atom is 0.221 e. The van der Waals surface area contributed by atoms with Gasteiger partial charge in [0.1, 0.15) is 5.75 Å². The molecule has 0 aromatic heterocycles. The van der Waals surface area contributed by atoms with Crippen molar-refractivity contribution in [2.24, 2.45) is 0 Å². The average Bonchev–Trinajstić information content (AvgIpc) is 2.27. The number of aliphatic hydroxyl groups excluding tert-OH is 1. The number of nitrogens with one attached hydrogen (secondary N) is 1. The number of hydrogen-bond acceptors (Lipinski definition) is 3. The van der Waals surface area contributed by atoms with Crippen LogP contribution < -0.4 is 10.1 Å². The Bertz CT molecular complexity index is 377. The van der Waals surface area contributed by atoms with E-state index < -0.39 is 6.10 Å². The molecule has 1 unspecified atom stereocenters. The molecule has 4 nitrogen and oxygen atoms in total.